The lowest BCUT2D eigenvalue weighted by Gasteiger charge is -2.30. The molecule has 3 rings (SSSR count). The van der Waals surface area contributed by atoms with E-state index in [0.29, 0.717) is 10.9 Å². The molecule has 1 unspecified atom stereocenters. The summed E-state index contributed by atoms with van der Waals surface area (Å²) < 4.78 is 0. The second-order valence-corrected chi connectivity index (χ2v) is 7.13. The van der Waals surface area contributed by atoms with E-state index in [1.807, 2.05) is 25.1 Å². The van der Waals surface area contributed by atoms with E-state index in [4.69, 9.17) is 5.73 Å². The van der Waals surface area contributed by atoms with Crippen LogP contribution < -0.4 is 11.1 Å². The van der Waals surface area contributed by atoms with Gasteiger partial charge in [-0.2, -0.15) is 0 Å². The van der Waals surface area contributed by atoms with E-state index in [2.05, 4.69) is 15.3 Å². The van der Waals surface area contributed by atoms with E-state index in [-0.39, 0.29) is 11.4 Å². The molecule has 0 aliphatic carbocycles. The number of nitrogens with two attached hydrogens (primary N) is 1. The number of pyridine rings is 1. The molecule has 134 valence electrons. The van der Waals surface area contributed by atoms with Crippen molar-refractivity contribution in [1.82, 2.24) is 4.98 Å². The average molecular weight is 371 g/mol. The minimum Gasteiger partial charge on any atom is -0.379 e. The molecule has 0 radical (unpaired) electrons. The lowest BCUT2D eigenvalue weighted by molar-refractivity contribution is -0.385. The largest absolute Gasteiger partial charge is 0.379 e. The van der Waals surface area contributed by atoms with Gasteiger partial charge in [-0.05, 0) is 37.1 Å². The van der Waals surface area contributed by atoms with Crippen molar-refractivity contribution in [3.63, 3.8) is 0 Å². The topological polar surface area (TPSA) is 124 Å². The minimum atomic E-state index is -0.562. The summed E-state index contributed by atoms with van der Waals surface area (Å²) >= 11 is 1.53. The second kappa shape index (κ2) is 7.12. The smallest absolute Gasteiger partial charge is 0.287 e. The summed E-state index contributed by atoms with van der Waals surface area (Å²) in [5, 5.41) is 14.0. The van der Waals surface area contributed by atoms with Crippen LogP contribution in [0, 0.1) is 10.1 Å². The van der Waals surface area contributed by atoms with Crippen molar-refractivity contribution in [2.75, 3.05) is 11.1 Å². The molecule has 1 aliphatic heterocycles. The van der Waals surface area contributed by atoms with Crippen molar-refractivity contribution in [2.24, 2.45) is 10.7 Å². The molecule has 3 N–H and O–H groups in total. The monoisotopic (exact) mass is 371 g/mol. The molecule has 0 spiro atoms. The Morgan fingerprint density at radius 3 is 2.85 bits per heavy atom. The number of nitrogens with zero attached hydrogens (tertiary/aromatic N) is 3. The summed E-state index contributed by atoms with van der Waals surface area (Å²) in [5.74, 6) is 0.444. The SMILES string of the molecule is CC1(c2cccc(NC(=O)c3ccc([N+](=O)[O-])cn3)c2)CCSC(N)=N1. The Labute approximate surface area is 154 Å². The molecular formula is C17H17N5O3S. The number of nitrogens with one attached hydrogen (secondary N) is 1. The van der Waals surface area contributed by atoms with E-state index in [0.717, 1.165) is 23.9 Å². The lowest BCUT2D eigenvalue weighted by Crippen LogP contribution is -2.28. The maximum atomic E-state index is 12.3. The van der Waals surface area contributed by atoms with Crippen LogP contribution in [0.15, 0.2) is 47.6 Å². The minimum absolute atomic E-state index is 0.101. The molecular weight excluding hydrogens is 354 g/mol. The van der Waals surface area contributed by atoms with Gasteiger partial charge in [0.1, 0.15) is 11.9 Å². The van der Waals surface area contributed by atoms with E-state index in [1.165, 1.54) is 23.9 Å². The maximum Gasteiger partial charge on any atom is 0.287 e. The van der Waals surface area contributed by atoms with Gasteiger partial charge < -0.3 is 11.1 Å². The first kappa shape index (κ1) is 17.9. The van der Waals surface area contributed by atoms with Gasteiger partial charge in [0.25, 0.3) is 11.6 Å². The van der Waals surface area contributed by atoms with Gasteiger partial charge in [0.15, 0.2) is 5.17 Å². The number of aliphatic imine (C=N–C) groups is 1. The van der Waals surface area contributed by atoms with Gasteiger partial charge in [0.05, 0.1) is 10.5 Å². The number of amides is 1. The summed E-state index contributed by atoms with van der Waals surface area (Å²) in [4.78, 5) is 30.8. The summed E-state index contributed by atoms with van der Waals surface area (Å²) in [6.07, 6.45) is 1.91. The zero-order valence-corrected chi connectivity index (χ0v) is 14.8. The highest BCUT2D eigenvalue weighted by Gasteiger charge is 2.29. The number of carbonyl (C=O) groups is 1. The number of anilines is 1. The quantitative estimate of drug-likeness (QED) is 0.629. The Hall–Kier alpha value is -2.94. The van der Waals surface area contributed by atoms with E-state index in [1.54, 1.807) is 6.07 Å². The number of amidine groups is 1. The molecule has 0 saturated heterocycles. The summed E-state index contributed by atoms with van der Waals surface area (Å²) in [5.41, 5.74) is 6.92. The summed E-state index contributed by atoms with van der Waals surface area (Å²) in [6.45, 7) is 2.01. The molecule has 1 atom stereocenters. The number of aromatic nitrogens is 1. The Morgan fingerprint density at radius 2 is 2.19 bits per heavy atom. The van der Waals surface area contributed by atoms with Crippen molar-refractivity contribution in [3.8, 4) is 0 Å². The highest BCUT2D eigenvalue weighted by molar-refractivity contribution is 8.13. The van der Waals surface area contributed by atoms with Crippen LogP contribution in [0.5, 0.6) is 0 Å². The number of benzene rings is 1. The van der Waals surface area contributed by atoms with Crippen molar-refractivity contribution in [3.05, 3.63) is 64.0 Å². The van der Waals surface area contributed by atoms with Gasteiger partial charge in [0.2, 0.25) is 0 Å². The first-order valence-electron chi connectivity index (χ1n) is 7.88. The normalized spacial score (nSPS) is 19.5. The molecule has 8 nitrogen and oxygen atoms in total. The molecule has 0 fully saturated rings. The molecule has 0 bridgehead atoms. The maximum absolute atomic E-state index is 12.3. The van der Waals surface area contributed by atoms with Crippen molar-refractivity contribution in [1.29, 1.82) is 0 Å². The molecule has 9 heteroatoms. The predicted octanol–water partition coefficient (Wildman–Crippen LogP) is 2.91. The third-order valence-corrected chi connectivity index (χ3v) is 4.92. The molecule has 1 amide bonds. The van der Waals surface area contributed by atoms with Crippen molar-refractivity contribution >= 4 is 34.2 Å². The zero-order valence-electron chi connectivity index (χ0n) is 14.0. The molecule has 26 heavy (non-hydrogen) atoms. The molecule has 2 heterocycles. The Bertz CT molecular complexity index is 884. The van der Waals surface area contributed by atoms with Crippen LogP contribution in [0.1, 0.15) is 29.4 Å². The third kappa shape index (κ3) is 3.83. The number of hydrogen-bond donors (Lipinski definition) is 2. The Morgan fingerprint density at radius 1 is 1.38 bits per heavy atom. The summed E-state index contributed by atoms with van der Waals surface area (Å²) in [7, 11) is 0. The predicted molar refractivity (Wildman–Crippen MR) is 101 cm³/mol. The molecule has 1 aliphatic rings. The van der Waals surface area contributed by atoms with Crippen molar-refractivity contribution in [2.45, 2.75) is 18.9 Å². The van der Waals surface area contributed by atoms with Crippen molar-refractivity contribution < 1.29 is 9.72 Å². The molecule has 2 aromatic rings. The number of hydrogen-bond acceptors (Lipinski definition) is 7. The highest BCUT2D eigenvalue weighted by atomic mass is 32.2. The number of rotatable bonds is 4. The number of nitro groups is 1. The number of carbonyl (C=O) groups excluding carboxylic acids is 1. The molecule has 1 aromatic carbocycles. The van der Waals surface area contributed by atoms with Crippen LogP contribution in [0.3, 0.4) is 0 Å². The van der Waals surface area contributed by atoms with Crippen LogP contribution in [-0.4, -0.2) is 26.7 Å². The molecule has 0 saturated carbocycles. The number of thioether (sulfide) groups is 1. The van der Waals surface area contributed by atoms with E-state index < -0.39 is 16.4 Å². The first-order valence-corrected chi connectivity index (χ1v) is 8.86. The van der Waals surface area contributed by atoms with Crippen LogP contribution >= 0.6 is 11.8 Å². The highest BCUT2D eigenvalue weighted by Crippen LogP contribution is 2.35. The first-order chi connectivity index (χ1) is 12.4. The summed E-state index contributed by atoms with van der Waals surface area (Å²) in [6, 6.07) is 9.98. The van der Waals surface area contributed by atoms with Gasteiger partial charge in [-0.15, -0.1) is 0 Å². The third-order valence-electron chi connectivity index (χ3n) is 4.13. The average Bonchev–Trinajstić information content (AvgIpc) is 2.62. The van der Waals surface area contributed by atoms with Crippen LogP contribution in [0.25, 0.3) is 0 Å². The second-order valence-electron chi connectivity index (χ2n) is 6.02. The van der Waals surface area contributed by atoms with Crippen LogP contribution in [-0.2, 0) is 5.54 Å². The van der Waals surface area contributed by atoms with Gasteiger partial charge >= 0.3 is 0 Å². The zero-order chi connectivity index (χ0) is 18.7. The fourth-order valence-corrected chi connectivity index (χ4v) is 3.62. The fraction of sp³-hybridized carbons (Fsp3) is 0.235. The van der Waals surface area contributed by atoms with Crippen LogP contribution in [0.4, 0.5) is 11.4 Å². The van der Waals surface area contributed by atoms with Gasteiger partial charge in [-0.1, -0.05) is 23.9 Å². The van der Waals surface area contributed by atoms with Gasteiger partial charge in [-0.3, -0.25) is 19.9 Å². The van der Waals surface area contributed by atoms with Gasteiger partial charge in [-0.25, -0.2) is 4.98 Å². The Balaban J connectivity index is 1.79. The van der Waals surface area contributed by atoms with E-state index >= 15 is 0 Å². The standard InChI is InChI=1S/C17H17N5O3S/c1-17(7-8-26-16(18)21-17)11-3-2-4-12(9-11)20-15(23)14-6-5-13(10-19-14)22(24)25/h2-6,9-10H,7-8H2,1H3,(H2,18,21)(H,20,23). The lowest BCUT2D eigenvalue weighted by atomic mass is 9.89. The van der Waals surface area contributed by atoms with Crippen LogP contribution in [0.2, 0.25) is 0 Å². The fourth-order valence-electron chi connectivity index (χ4n) is 2.65. The Kier molecular flexibility index (Phi) is 4.90. The molecule has 1 aromatic heterocycles. The van der Waals surface area contributed by atoms with Gasteiger partial charge in [0, 0.05) is 17.5 Å². The van der Waals surface area contributed by atoms with E-state index in [9.17, 15) is 14.9 Å².